The summed E-state index contributed by atoms with van der Waals surface area (Å²) in [5.41, 5.74) is 0. The minimum atomic E-state index is 3.15. The van der Waals surface area contributed by atoms with Gasteiger partial charge in [0, 0.05) is 0 Å². The predicted octanol–water partition coefficient (Wildman–Crippen LogP) is 1.50. The van der Waals surface area contributed by atoms with E-state index in [9.17, 15) is 0 Å². The van der Waals surface area contributed by atoms with Gasteiger partial charge in [-0.25, -0.2) is 0 Å². The molecule has 0 aliphatic carbocycles. The van der Waals surface area contributed by atoms with E-state index in [-0.39, 0.29) is 0 Å². The zero-order chi connectivity index (χ0) is 4.00. The fourth-order valence-corrected chi connectivity index (χ4v) is 0. The van der Waals surface area contributed by atoms with Gasteiger partial charge in [0.05, 0.1) is 0 Å². The fraction of sp³-hybridized carbons (Fsp3) is 0. The molecule has 0 unspecified atom stereocenters. The van der Waals surface area contributed by atoms with E-state index in [4.69, 9.17) is 0 Å². The van der Waals surface area contributed by atoms with Crippen LogP contribution in [0.5, 0.6) is 0 Å². The molecule has 4 heteroatoms. The molecule has 4 heavy (non-hydrogen) atoms. The van der Waals surface area contributed by atoms with Crippen molar-refractivity contribution in [2.75, 3.05) is 0 Å². The van der Waals surface area contributed by atoms with Crippen LogP contribution < -0.4 is 0 Å². The SMILES string of the molecule is [P]#[Ni].[S]=[Ni]. The fourth-order valence-electron chi connectivity index (χ4n) is 0. The van der Waals surface area contributed by atoms with Crippen molar-refractivity contribution in [1.29, 1.82) is 0 Å². The van der Waals surface area contributed by atoms with Crippen LogP contribution in [0.1, 0.15) is 0 Å². The maximum atomic E-state index is 3.71. The molecule has 0 saturated heterocycles. The number of hydrogen-bond donors (Lipinski definition) is 0. The molecule has 0 aromatic heterocycles. The van der Waals surface area contributed by atoms with Gasteiger partial charge in [-0.15, -0.1) is 0 Å². The standard InChI is InChI=1S/2Ni.P.S. The van der Waals surface area contributed by atoms with E-state index in [2.05, 4.69) is 46.2 Å². The van der Waals surface area contributed by atoms with Crippen molar-refractivity contribution in [3.8, 4) is 0 Å². The first-order valence-corrected chi connectivity index (χ1v) is 3.35. The summed E-state index contributed by atoms with van der Waals surface area (Å²) < 4.78 is 0. The Labute approximate surface area is 46.3 Å². The van der Waals surface area contributed by atoms with E-state index in [1.54, 1.807) is 0 Å². The molecule has 0 heterocycles. The van der Waals surface area contributed by atoms with Gasteiger partial charge in [0.25, 0.3) is 0 Å². The summed E-state index contributed by atoms with van der Waals surface area (Å²) in [6, 6.07) is 0. The van der Waals surface area contributed by atoms with Crippen molar-refractivity contribution in [3.05, 3.63) is 0 Å². The van der Waals surface area contributed by atoms with Crippen molar-refractivity contribution in [2.45, 2.75) is 0 Å². The van der Waals surface area contributed by atoms with Crippen LogP contribution in [-0.4, -0.2) is 0 Å². The van der Waals surface area contributed by atoms with Gasteiger partial charge in [-0.2, -0.15) is 0 Å². The van der Waals surface area contributed by atoms with Crippen LogP contribution >= 0.6 is 18.0 Å². The summed E-state index contributed by atoms with van der Waals surface area (Å²) >= 11 is 7.03. The van der Waals surface area contributed by atoms with E-state index in [0.717, 1.165) is 0 Å². The zero-order valence-electron chi connectivity index (χ0n) is 1.49. The predicted molar refractivity (Wildman–Crippen MR) is 14.5 cm³/mol. The van der Waals surface area contributed by atoms with Crippen LogP contribution in [0.15, 0.2) is 0 Å². The Morgan fingerprint density at radius 3 is 1.25 bits per heavy atom. The number of rotatable bonds is 0. The van der Waals surface area contributed by atoms with Crippen LogP contribution in [0, 0.1) is 0 Å². The van der Waals surface area contributed by atoms with Crippen LogP contribution in [0.25, 0.3) is 0 Å². The van der Waals surface area contributed by atoms with Crippen LogP contribution in [-0.2, 0) is 28.2 Å². The Bertz CT molecular complexity index is 17.2. The van der Waals surface area contributed by atoms with Gasteiger partial charge in [0.15, 0.2) is 0 Å². The molecule has 0 aliphatic rings. The second-order valence-electron chi connectivity index (χ2n) is 0. The second-order valence-corrected chi connectivity index (χ2v) is 0. The first kappa shape index (κ1) is 9.16. The second kappa shape index (κ2) is 22.9. The average Bonchev–Trinajstić information content (AvgIpc) is 1.50. The minimum absolute atomic E-state index is 3.15. The van der Waals surface area contributed by atoms with Crippen molar-refractivity contribution >= 4 is 18.0 Å². The summed E-state index contributed by atoms with van der Waals surface area (Å²) in [4.78, 5) is 0. The monoisotopic (exact) mass is 179 g/mol. The van der Waals surface area contributed by atoms with Crippen LogP contribution in [0.2, 0.25) is 0 Å². The van der Waals surface area contributed by atoms with Crippen molar-refractivity contribution in [2.24, 2.45) is 0 Å². The third kappa shape index (κ3) is 9.44. The summed E-state index contributed by atoms with van der Waals surface area (Å²) in [6.45, 7) is 0. The summed E-state index contributed by atoms with van der Waals surface area (Å²) in [5, 5.41) is 0. The molecule has 0 nitrogen and oxygen atoms in total. The van der Waals surface area contributed by atoms with Gasteiger partial charge >= 0.3 is 46.2 Å². The van der Waals surface area contributed by atoms with E-state index in [0.29, 0.717) is 0 Å². The average molecular weight is 180 g/mol. The van der Waals surface area contributed by atoms with Crippen molar-refractivity contribution in [1.82, 2.24) is 0 Å². The Morgan fingerprint density at radius 2 is 1.25 bits per heavy atom. The van der Waals surface area contributed by atoms with Crippen molar-refractivity contribution in [3.63, 3.8) is 0 Å². The molecule has 0 atom stereocenters. The Balaban J connectivity index is 0. The van der Waals surface area contributed by atoms with Gasteiger partial charge in [-0.1, -0.05) is 0 Å². The van der Waals surface area contributed by atoms with Gasteiger partial charge in [-0.3, -0.25) is 0 Å². The van der Waals surface area contributed by atoms with Crippen LogP contribution in [0.4, 0.5) is 0 Å². The van der Waals surface area contributed by atoms with Gasteiger partial charge in [0.2, 0.25) is 0 Å². The summed E-state index contributed by atoms with van der Waals surface area (Å²) in [7, 11) is 6.86. The molecule has 0 amide bonds. The van der Waals surface area contributed by atoms with E-state index >= 15 is 0 Å². The number of hydrogen-bond acceptors (Lipinski definition) is 1. The van der Waals surface area contributed by atoms with Crippen LogP contribution in [0.3, 0.4) is 0 Å². The van der Waals surface area contributed by atoms with E-state index in [1.165, 1.54) is 0 Å². The molecule has 31 valence electrons. The van der Waals surface area contributed by atoms with Crippen molar-refractivity contribution < 1.29 is 28.2 Å². The Hall–Kier alpha value is 1.64. The van der Waals surface area contributed by atoms with E-state index in [1.807, 2.05) is 0 Å². The Morgan fingerprint density at radius 1 is 1.25 bits per heavy atom. The molecule has 0 spiro atoms. The molecule has 0 aliphatic heterocycles. The molecule has 0 aromatic rings. The summed E-state index contributed by atoms with van der Waals surface area (Å²) in [5.74, 6) is 0. The van der Waals surface area contributed by atoms with Gasteiger partial charge in [-0.05, 0) is 0 Å². The van der Waals surface area contributed by atoms with Gasteiger partial charge < -0.3 is 0 Å². The quantitative estimate of drug-likeness (QED) is 0.402. The molecular formula is Ni2PS. The van der Waals surface area contributed by atoms with E-state index < -0.39 is 0 Å². The first-order chi connectivity index (χ1) is 2.00. The Kier molecular flexibility index (Phi) is 52.4. The third-order valence-corrected chi connectivity index (χ3v) is 0. The molecule has 0 saturated carbocycles. The normalized spacial score (nSPS) is 2.50. The molecule has 0 rings (SSSR count). The molecule has 0 N–H and O–H groups in total. The maximum absolute atomic E-state index is 3.71. The molecule has 0 fully saturated rings. The molecule has 0 radical (unpaired) electrons. The molecular weight excluding hydrogens is 180 g/mol. The topological polar surface area (TPSA) is 0 Å². The first-order valence-electron chi connectivity index (χ1n) is 0.271. The zero-order valence-corrected chi connectivity index (χ0v) is 5.17. The molecule has 0 aromatic carbocycles. The van der Waals surface area contributed by atoms with Gasteiger partial charge in [0.1, 0.15) is 0 Å². The summed E-state index contributed by atoms with van der Waals surface area (Å²) in [6.07, 6.45) is 0. The molecule has 0 bridgehead atoms. The third-order valence-electron chi connectivity index (χ3n) is 0.